The van der Waals surface area contributed by atoms with E-state index in [9.17, 15) is 13.2 Å². The molecule has 9 heteroatoms. The number of carbonyl (C=O) groups is 1. The fraction of sp³-hybridized carbons (Fsp3) is 0.0526. The molecule has 0 aliphatic heterocycles. The summed E-state index contributed by atoms with van der Waals surface area (Å²) >= 11 is 7.04. The number of halogens is 1. The average molecular weight is 434 g/mol. The standard InChI is InChI=1S/C19H16ClN3O3S2/c1-13(22-23-28(25,26)16-5-3-2-4-6-16)14-7-9-15(10-8-14)21-19(24)17-11-12-18(20)27-17/h2-12,23H,1H3,(H,21,24). The van der Waals surface area contributed by atoms with E-state index < -0.39 is 10.0 Å². The summed E-state index contributed by atoms with van der Waals surface area (Å²) in [5.41, 5.74) is 1.81. The molecule has 2 aromatic carbocycles. The molecule has 0 aliphatic carbocycles. The Morgan fingerprint density at radius 2 is 1.68 bits per heavy atom. The van der Waals surface area contributed by atoms with Gasteiger partial charge in [-0.05, 0) is 48.9 Å². The Balaban J connectivity index is 1.67. The fourth-order valence-electron chi connectivity index (χ4n) is 2.27. The predicted octanol–water partition coefficient (Wildman–Crippen LogP) is 4.36. The lowest BCUT2D eigenvalue weighted by atomic mass is 10.1. The van der Waals surface area contributed by atoms with Gasteiger partial charge >= 0.3 is 0 Å². The Kier molecular flexibility index (Phi) is 6.13. The average Bonchev–Trinajstić information content (AvgIpc) is 3.14. The van der Waals surface area contributed by atoms with Gasteiger partial charge in [-0.25, -0.2) is 0 Å². The molecule has 1 heterocycles. The molecule has 0 spiro atoms. The van der Waals surface area contributed by atoms with Gasteiger partial charge < -0.3 is 5.32 Å². The molecule has 0 bridgehead atoms. The zero-order valence-corrected chi connectivity index (χ0v) is 17.1. The van der Waals surface area contributed by atoms with Crippen LogP contribution in [0.25, 0.3) is 0 Å². The van der Waals surface area contributed by atoms with Crippen molar-refractivity contribution in [3.63, 3.8) is 0 Å². The second kappa shape index (κ2) is 8.55. The molecule has 0 saturated carbocycles. The van der Waals surface area contributed by atoms with E-state index in [4.69, 9.17) is 11.6 Å². The minimum atomic E-state index is -3.72. The number of benzene rings is 2. The summed E-state index contributed by atoms with van der Waals surface area (Å²) in [7, 11) is -3.72. The number of rotatable bonds is 6. The molecule has 144 valence electrons. The van der Waals surface area contributed by atoms with Crippen molar-refractivity contribution < 1.29 is 13.2 Å². The van der Waals surface area contributed by atoms with Crippen molar-refractivity contribution in [2.45, 2.75) is 11.8 Å². The van der Waals surface area contributed by atoms with E-state index >= 15 is 0 Å². The van der Waals surface area contributed by atoms with Crippen LogP contribution in [0.3, 0.4) is 0 Å². The Hall–Kier alpha value is -2.68. The number of amides is 1. The van der Waals surface area contributed by atoms with Gasteiger partial charge in [-0.1, -0.05) is 41.9 Å². The molecule has 3 rings (SSSR count). The van der Waals surface area contributed by atoms with Crippen LogP contribution in [0, 0.1) is 0 Å². The normalized spacial score (nSPS) is 11.9. The van der Waals surface area contributed by atoms with Gasteiger partial charge in [0.05, 0.1) is 19.8 Å². The summed E-state index contributed by atoms with van der Waals surface area (Å²) < 4.78 is 25.0. The summed E-state index contributed by atoms with van der Waals surface area (Å²) in [5.74, 6) is -0.245. The molecule has 6 nitrogen and oxygen atoms in total. The first-order chi connectivity index (χ1) is 13.3. The molecule has 0 radical (unpaired) electrons. The zero-order valence-electron chi connectivity index (χ0n) is 14.7. The topological polar surface area (TPSA) is 87.6 Å². The number of hydrogen-bond acceptors (Lipinski definition) is 5. The monoisotopic (exact) mass is 433 g/mol. The zero-order chi connectivity index (χ0) is 20.1. The molecular formula is C19H16ClN3O3S2. The molecular weight excluding hydrogens is 418 g/mol. The van der Waals surface area contributed by atoms with Crippen LogP contribution in [0.4, 0.5) is 5.69 Å². The number of nitrogens with zero attached hydrogens (tertiary/aromatic N) is 1. The molecule has 0 unspecified atom stereocenters. The van der Waals surface area contributed by atoms with Crippen LogP contribution in [0.5, 0.6) is 0 Å². The van der Waals surface area contributed by atoms with Gasteiger partial charge in [-0.15, -0.1) is 11.3 Å². The second-order valence-corrected chi connectivity index (χ2v) is 9.12. The van der Waals surface area contributed by atoms with E-state index in [0.29, 0.717) is 26.2 Å². The van der Waals surface area contributed by atoms with Crippen LogP contribution in [-0.2, 0) is 10.0 Å². The molecule has 28 heavy (non-hydrogen) atoms. The molecule has 0 aliphatic rings. The van der Waals surface area contributed by atoms with E-state index in [1.807, 2.05) is 0 Å². The summed E-state index contributed by atoms with van der Waals surface area (Å²) in [4.78, 5) is 15.0. The molecule has 1 aromatic heterocycles. The van der Waals surface area contributed by atoms with Crippen LogP contribution in [-0.4, -0.2) is 20.0 Å². The van der Waals surface area contributed by atoms with Gasteiger partial charge in [0.25, 0.3) is 15.9 Å². The van der Waals surface area contributed by atoms with Gasteiger partial charge in [0.15, 0.2) is 0 Å². The number of anilines is 1. The van der Waals surface area contributed by atoms with Crippen molar-refractivity contribution in [3.8, 4) is 0 Å². The van der Waals surface area contributed by atoms with E-state index in [1.54, 1.807) is 61.5 Å². The smallest absolute Gasteiger partial charge is 0.276 e. The van der Waals surface area contributed by atoms with E-state index in [1.165, 1.54) is 23.5 Å². The maximum absolute atomic E-state index is 12.2. The minimum Gasteiger partial charge on any atom is -0.321 e. The van der Waals surface area contributed by atoms with Crippen molar-refractivity contribution in [1.82, 2.24) is 4.83 Å². The highest BCUT2D eigenvalue weighted by Gasteiger charge is 2.12. The first-order valence-electron chi connectivity index (χ1n) is 8.13. The van der Waals surface area contributed by atoms with Crippen LogP contribution in [0.1, 0.15) is 22.2 Å². The summed E-state index contributed by atoms with van der Waals surface area (Å²) in [5, 5.41) is 6.74. The molecule has 0 atom stereocenters. The number of carbonyl (C=O) groups excluding carboxylic acids is 1. The molecule has 3 aromatic rings. The fourth-order valence-corrected chi connectivity index (χ4v) is 4.09. The summed E-state index contributed by atoms with van der Waals surface area (Å²) in [6.45, 7) is 1.69. The third-order valence-corrected chi connectivity index (χ3v) is 6.20. The van der Waals surface area contributed by atoms with Crippen LogP contribution >= 0.6 is 22.9 Å². The highest BCUT2D eigenvalue weighted by Crippen LogP contribution is 2.22. The Morgan fingerprint density at radius 3 is 2.29 bits per heavy atom. The first kappa shape index (κ1) is 20.1. The summed E-state index contributed by atoms with van der Waals surface area (Å²) in [6, 6.07) is 18.2. The van der Waals surface area contributed by atoms with Crippen molar-refractivity contribution >= 4 is 50.3 Å². The lowest BCUT2D eigenvalue weighted by molar-refractivity contribution is 0.103. The van der Waals surface area contributed by atoms with Gasteiger partial charge in [-0.3, -0.25) is 4.79 Å². The van der Waals surface area contributed by atoms with Crippen molar-refractivity contribution in [2.75, 3.05) is 5.32 Å². The van der Waals surface area contributed by atoms with Gasteiger partial charge in [0.2, 0.25) is 0 Å². The SMILES string of the molecule is CC(=NNS(=O)(=O)c1ccccc1)c1ccc(NC(=O)c2ccc(Cl)s2)cc1. The first-order valence-corrected chi connectivity index (χ1v) is 10.8. The minimum absolute atomic E-state index is 0.137. The van der Waals surface area contributed by atoms with E-state index in [0.717, 1.165) is 0 Å². The maximum Gasteiger partial charge on any atom is 0.276 e. The van der Waals surface area contributed by atoms with Crippen molar-refractivity contribution in [2.24, 2.45) is 5.10 Å². The van der Waals surface area contributed by atoms with Crippen molar-refractivity contribution in [1.29, 1.82) is 0 Å². The highest BCUT2D eigenvalue weighted by atomic mass is 35.5. The molecule has 1 amide bonds. The third-order valence-electron chi connectivity index (χ3n) is 3.74. The Morgan fingerprint density at radius 1 is 1.00 bits per heavy atom. The Bertz CT molecular complexity index is 1110. The Labute approximate surface area is 171 Å². The van der Waals surface area contributed by atoms with Crippen LogP contribution < -0.4 is 10.1 Å². The number of hydrogen-bond donors (Lipinski definition) is 2. The number of nitrogens with one attached hydrogen (secondary N) is 2. The largest absolute Gasteiger partial charge is 0.321 e. The maximum atomic E-state index is 12.2. The lowest BCUT2D eigenvalue weighted by Crippen LogP contribution is -2.19. The van der Waals surface area contributed by atoms with E-state index in [-0.39, 0.29) is 10.8 Å². The molecule has 0 fully saturated rings. The van der Waals surface area contributed by atoms with Gasteiger partial charge in [-0.2, -0.15) is 18.4 Å². The number of sulfonamides is 1. The van der Waals surface area contributed by atoms with E-state index in [2.05, 4.69) is 15.2 Å². The quantitative estimate of drug-likeness (QED) is 0.447. The molecule has 2 N–H and O–H groups in total. The number of hydrazone groups is 1. The van der Waals surface area contributed by atoms with Crippen LogP contribution in [0.2, 0.25) is 4.34 Å². The summed E-state index contributed by atoms with van der Waals surface area (Å²) in [6.07, 6.45) is 0. The second-order valence-electron chi connectivity index (χ2n) is 5.74. The van der Waals surface area contributed by atoms with Crippen molar-refractivity contribution in [3.05, 3.63) is 81.5 Å². The van der Waals surface area contributed by atoms with Gasteiger partial charge in [0, 0.05) is 5.69 Å². The highest BCUT2D eigenvalue weighted by molar-refractivity contribution is 7.89. The lowest BCUT2D eigenvalue weighted by Gasteiger charge is -2.07. The van der Waals surface area contributed by atoms with Gasteiger partial charge in [0.1, 0.15) is 0 Å². The third kappa shape index (κ3) is 4.98. The predicted molar refractivity (Wildman–Crippen MR) is 113 cm³/mol. The molecule has 0 saturated heterocycles. The van der Waals surface area contributed by atoms with Crippen LogP contribution in [0.15, 0.2) is 76.7 Å². The number of thiophene rings is 1.